The van der Waals surface area contributed by atoms with E-state index in [0.29, 0.717) is 28.9 Å². The first-order chi connectivity index (χ1) is 10.9. The average Bonchev–Trinajstić information content (AvgIpc) is 2.85. The molecule has 0 aliphatic carbocycles. The van der Waals surface area contributed by atoms with Crippen LogP contribution in [0.25, 0.3) is 0 Å². The molecule has 0 aromatic heterocycles. The lowest BCUT2D eigenvalue weighted by molar-refractivity contribution is 1.18. The summed E-state index contributed by atoms with van der Waals surface area (Å²) in [4.78, 5) is 13.3. The summed E-state index contributed by atoms with van der Waals surface area (Å²) in [5, 5.41) is 0. The van der Waals surface area contributed by atoms with Gasteiger partial charge in [-0.3, -0.25) is 0 Å². The summed E-state index contributed by atoms with van der Waals surface area (Å²) in [6.07, 6.45) is 3.82. The average molecular weight is 307 g/mol. The minimum Gasteiger partial charge on any atom is -0.383 e. The molecule has 0 spiro atoms. The fourth-order valence-corrected chi connectivity index (χ4v) is 2.01. The summed E-state index contributed by atoms with van der Waals surface area (Å²) in [5.41, 5.74) is 15.2. The lowest BCUT2D eigenvalue weighted by Gasteiger charge is -2.01. The smallest absolute Gasteiger partial charge is 0.164 e. The van der Waals surface area contributed by atoms with Gasteiger partial charge in [0.1, 0.15) is 11.7 Å². The van der Waals surface area contributed by atoms with E-state index in [2.05, 4.69) is 21.6 Å². The van der Waals surface area contributed by atoms with Crippen molar-refractivity contribution in [1.82, 2.24) is 0 Å². The molecule has 118 valence electrons. The third-order valence-corrected chi connectivity index (χ3v) is 3.33. The summed E-state index contributed by atoms with van der Waals surface area (Å²) in [6, 6.07) is 7.73. The summed E-state index contributed by atoms with van der Waals surface area (Å²) in [6.45, 7) is 9.43. The number of nitrogens with two attached hydrogens (primary N) is 2. The van der Waals surface area contributed by atoms with Crippen LogP contribution >= 0.6 is 0 Å². The van der Waals surface area contributed by atoms with Crippen LogP contribution in [-0.4, -0.2) is 17.5 Å². The molecule has 0 saturated carbocycles. The highest BCUT2D eigenvalue weighted by Gasteiger charge is 2.21. The second-order valence-electron chi connectivity index (χ2n) is 5.26. The maximum absolute atomic E-state index is 6.03. The molecule has 1 heterocycles. The predicted molar refractivity (Wildman–Crippen MR) is 97.7 cm³/mol. The Kier molecular flexibility index (Phi) is 4.91. The van der Waals surface area contributed by atoms with Crippen molar-refractivity contribution < 1.29 is 0 Å². The van der Waals surface area contributed by atoms with E-state index < -0.39 is 0 Å². The minimum atomic E-state index is 0.355. The van der Waals surface area contributed by atoms with Crippen LogP contribution in [0.2, 0.25) is 0 Å². The molecule has 0 amide bonds. The van der Waals surface area contributed by atoms with Gasteiger partial charge in [0.05, 0.1) is 0 Å². The van der Waals surface area contributed by atoms with Crippen LogP contribution in [0, 0.1) is 0 Å². The minimum absolute atomic E-state index is 0.355. The van der Waals surface area contributed by atoms with Crippen molar-refractivity contribution in [1.29, 1.82) is 0 Å². The lowest BCUT2D eigenvalue weighted by atomic mass is 10.1. The molecule has 5 heteroatoms. The SMILES string of the molecule is C=C(C)C(N)=NC1=N\C(=N/C(N)=C(C)\C=C/C)c2ccccc21. The fourth-order valence-electron chi connectivity index (χ4n) is 2.01. The first kappa shape index (κ1) is 16.4. The largest absolute Gasteiger partial charge is 0.383 e. The molecular formula is C18H21N5. The Morgan fingerprint density at radius 2 is 1.83 bits per heavy atom. The van der Waals surface area contributed by atoms with Gasteiger partial charge in [-0.15, -0.1) is 0 Å². The van der Waals surface area contributed by atoms with Crippen molar-refractivity contribution in [3.05, 3.63) is 71.1 Å². The summed E-state index contributed by atoms with van der Waals surface area (Å²) < 4.78 is 0. The topological polar surface area (TPSA) is 89.1 Å². The van der Waals surface area contributed by atoms with E-state index in [0.717, 1.165) is 16.7 Å². The molecule has 0 atom stereocenters. The van der Waals surface area contributed by atoms with Gasteiger partial charge in [-0.25, -0.2) is 15.0 Å². The zero-order valence-corrected chi connectivity index (χ0v) is 13.7. The molecule has 23 heavy (non-hydrogen) atoms. The second-order valence-corrected chi connectivity index (χ2v) is 5.26. The number of rotatable bonds is 3. The van der Waals surface area contributed by atoms with Crippen molar-refractivity contribution in [2.45, 2.75) is 20.8 Å². The summed E-state index contributed by atoms with van der Waals surface area (Å²) >= 11 is 0. The van der Waals surface area contributed by atoms with Gasteiger partial charge in [-0.1, -0.05) is 43.0 Å². The maximum Gasteiger partial charge on any atom is 0.164 e. The standard InChI is InChI=1S/C18H21N5/c1-5-8-12(4)16(20)22-18-14-10-7-6-9-13(14)17(23-18)21-15(19)11(2)3/h5-10H,2,20H2,1,3-4H3,(H2,19,21,22,23)/b8-5-,16-12-. The number of fused-ring (bicyclic) bond motifs is 1. The quantitative estimate of drug-likeness (QED) is 0.511. The van der Waals surface area contributed by atoms with Gasteiger partial charge >= 0.3 is 0 Å². The Balaban J connectivity index is 2.55. The molecule has 0 radical (unpaired) electrons. The van der Waals surface area contributed by atoms with E-state index >= 15 is 0 Å². The van der Waals surface area contributed by atoms with Crippen LogP contribution in [0.3, 0.4) is 0 Å². The highest BCUT2D eigenvalue weighted by molar-refractivity contribution is 6.25. The predicted octanol–water partition coefficient (Wildman–Crippen LogP) is 2.89. The zero-order valence-electron chi connectivity index (χ0n) is 13.7. The number of amidine groups is 3. The number of benzene rings is 1. The normalized spacial score (nSPS) is 17.3. The Hall–Kier alpha value is -2.95. The van der Waals surface area contributed by atoms with Gasteiger partial charge in [0.25, 0.3) is 0 Å². The van der Waals surface area contributed by atoms with Gasteiger partial charge in [-0.05, 0) is 31.9 Å². The third kappa shape index (κ3) is 3.63. The number of hydrogen-bond donors (Lipinski definition) is 2. The van der Waals surface area contributed by atoms with Crippen molar-refractivity contribution >= 4 is 17.5 Å². The summed E-state index contributed by atoms with van der Waals surface area (Å²) in [7, 11) is 0. The third-order valence-electron chi connectivity index (χ3n) is 3.33. The molecule has 0 bridgehead atoms. The molecular weight excluding hydrogens is 286 g/mol. The number of allylic oxidation sites excluding steroid dienone is 3. The van der Waals surface area contributed by atoms with E-state index in [-0.39, 0.29) is 0 Å². The highest BCUT2D eigenvalue weighted by atomic mass is 15.1. The highest BCUT2D eigenvalue weighted by Crippen LogP contribution is 2.21. The van der Waals surface area contributed by atoms with Crippen LogP contribution in [0.15, 0.2) is 74.9 Å². The molecule has 0 fully saturated rings. The first-order valence-electron chi connectivity index (χ1n) is 7.30. The molecule has 1 aromatic carbocycles. The molecule has 2 rings (SSSR count). The van der Waals surface area contributed by atoms with E-state index in [1.54, 1.807) is 6.92 Å². The maximum atomic E-state index is 6.03. The monoisotopic (exact) mass is 307 g/mol. The van der Waals surface area contributed by atoms with Gasteiger partial charge in [-0.2, -0.15) is 0 Å². The van der Waals surface area contributed by atoms with Crippen LogP contribution in [-0.2, 0) is 0 Å². The number of aliphatic imine (C=N–C) groups is 3. The molecule has 1 aliphatic heterocycles. The molecule has 4 N–H and O–H groups in total. The van der Waals surface area contributed by atoms with Crippen LogP contribution in [0.5, 0.6) is 0 Å². The van der Waals surface area contributed by atoms with E-state index in [1.807, 2.05) is 50.3 Å². The van der Waals surface area contributed by atoms with Gasteiger partial charge < -0.3 is 11.5 Å². The molecule has 0 unspecified atom stereocenters. The van der Waals surface area contributed by atoms with Crippen molar-refractivity contribution in [2.75, 3.05) is 0 Å². The first-order valence-corrected chi connectivity index (χ1v) is 7.30. The number of nitrogens with zero attached hydrogens (tertiary/aromatic N) is 3. The van der Waals surface area contributed by atoms with Crippen LogP contribution < -0.4 is 11.5 Å². The van der Waals surface area contributed by atoms with E-state index in [4.69, 9.17) is 11.5 Å². The zero-order chi connectivity index (χ0) is 17.0. The molecule has 5 nitrogen and oxygen atoms in total. The van der Waals surface area contributed by atoms with Crippen molar-refractivity contribution in [3.8, 4) is 0 Å². The van der Waals surface area contributed by atoms with Gasteiger partial charge in [0.15, 0.2) is 11.7 Å². The molecule has 0 saturated heterocycles. The number of hydrogen-bond acceptors (Lipinski definition) is 3. The molecule has 1 aliphatic rings. The Bertz CT molecular complexity index is 791. The van der Waals surface area contributed by atoms with Crippen LogP contribution in [0.4, 0.5) is 0 Å². The van der Waals surface area contributed by atoms with Gasteiger partial charge in [0.2, 0.25) is 0 Å². The Morgan fingerprint density at radius 3 is 2.43 bits per heavy atom. The Labute approximate surface area is 136 Å². The lowest BCUT2D eigenvalue weighted by Crippen LogP contribution is -2.14. The van der Waals surface area contributed by atoms with Crippen molar-refractivity contribution in [3.63, 3.8) is 0 Å². The van der Waals surface area contributed by atoms with Crippen LogP contribution in [0.1, 0.15) is 31.9 Å². The van der Waals surface area contributed by atoms with Crippen molar-refractivity contribution in [2.24, 2.45) is 26.4 Å². The molecule has 1 aromatic rings. The Morgan fingerprint density at radius 1 is 1.17 bits per heavy atom. The summed E-state index contributed by atoms with van der Waals surface area (Å²) in [5.74, 6) is 1.84. The fraction of sp³-hybridized carbons (Fsp3) is 0.167. The van der Waals surface area contributed by atoms with E-state index in [9.17, 15) is 0 Å². The van der Waals surface area contributed by atoms with Gasteiger partial charge in [0, 0.05) is 11.1 Å². The second kappa shape index (κ2) is 6.87. The van der Waals surface area contributed by atoms with E-state index in [1.165, 1.54) is 0 Å².